The van der Waals surface area contributed by atoms with Crippen molar-refractivity contribution >= 4 is 11.7 Å². The average Bonchev–Trinajstić information content (AvgIpc) is 3.00. The number of carbonyl (C=O) groups excluding carboxylic acids is 2. The summed E-state index contributed by atoms with van der Waals surface area (Å²) in [5, 5.41) is 2.61. The van der Waals surface area contributed by atoms with Crippen molar-refractivity contribution in [1.82, 2.24) is 5.32 Å². The number of halogens is 1. The molecule has 1 atom stereocenters. The lowest BCUT2D eigenvalue weighted by molar-refractivity contribution is -0.123. The Hall–Kier alpha value is -2.63. The van der Waals surface area contributed by atoms with Crippen LogP contribution in [0, 0.1) is 5.82 Å². The van der Waals surface area contributed by atoms with Crippen LogP contribution in [-0.2, 0) is 4.79 Å². The fraction of sp³-hybridized carbons (Fsp3) is 0.250. The predicted octanol–water partition coefficient (Wildman–Crippen LogP) is 2.58. The van der Waals surface area contributed by atoms with Gasteiger partial charge in [-0.2, -0.15) is 0 Å². The molecule has 5 nitrogen and oxygen atoms in total. The number of benzene rings is 1. The number of hydrogen-bond donors (Lipinski definition) is 1. The van der Waals surface area contributed by atoms with E-state index in [1.165, 1.54) is 24.5 Å². The second kappa shape index (κ2) is 7.40. The third kappa shape index (κ3) is 4.44. The first-order chi connectivity index (χ1) is 10.6. The minimum atomic E-state index is -0.531. The molecular weight excluding hydrogens is 289 g/mol. The standard InChI is InChI=1S/C16H16FNO4/c1-11(9-13(19)15-7-4-8-21-15)18-16(20)10-22-14-6-3-2-5-12(14)17/h2-8,11H,9-10H2,1H3,(H,18,20)/t11-/m1/s1. The second-order valence-corrected chi connectivity index (χ2v) is 4.79. The number of amides is 1. The molecule has 0 aliphatic carbocycles. The first kappa shape index (κ1) is 15.8. The van der Waals surface area contributed by atoms with E-state index in [-0.39, 0.29) is 36.4 Å². The van der Waals surface area contributed by atoms with Crippen molar-refractivity contribution in [3.63, 3.8) is 0 Å². The van der Waals surface area contributed by atoms with Crippen molar-refractivity contribution in [3.8, 4) is 5.75 Å². The first-order valence-electron chi connectivity index (χ1n) is 6.79. The van der Waals surface area contributed by atoms with Crippen LogP contribution in [0.25, 0.3) is 0 Å². The normalized spacial score (nSPS) is 11.7. The maximum absolute atomic E-state index is 13.3. The summed E-state index contributed by atoms with van der Waals surface area (Å²) in [4.78, 5) is 23.5. The number of rotatable bonds is 7. The Morgan fingerprint density at radius 2 is 2.05 bits per heavy atom. The number of Topliss-reactive ketones (excluding diaryl/α,β-unsaturated/α-hetero) is 1. The third-order valence-corrected chi connectivity index (χ3v) is 2.89. The summed E-state index contributed by atoms with van der Waals surface area (Å²) in [6, 6.07) is 8.64. The minimum Gasteiger partial charge on any atom is -0.481 e. The monoisotopic (exact) mass is 305 g/mol. The van der Waals surface area contributed by atoms with Crippen LogP contribution in [0.5, 0.6) is 5.75 Å². The highest BCUT2D eigenvalue weighted by Gasteiger charge is 2.16. The van der Waals surface area contributed by atoms with Crippen LogP contribution < -0.4 is 10.1 Å². The van der Waals surface area contributed by atoms with Gasteiger partial charge in [0.25, 0.3) is 5.91 Å². The van der Waals surface area contributed by atoms with Crippen molar-refractivity contribution in [3.05, 3.63) is 54.2 Å². The molecule has 1 heterocycles. The van der Waals surface area contributed by atoms with Crippen LogP contribution in [0.2, 0.25) is 0 Å². The molecule has 0 spiro atoms. The van der Waals surface area contributed by atoms with Crippen LogP contribution in [0.15, 0.2) is 47.1 Å². The summed E-state index contributed by atoms with van der Waals surface area (Å²) < 4.78 is 23.4. The first-order valence-corrected chi connectivity index (χ1v) is 6.79. The second-order valence-electron chi connectivity index (χ2n) is 4.79. The van der Waals surface area contributed by atoms with E-state index < -0.39 is 11.7 Å². The molecule has 1 amide bonds. The van der Waals surface area contributed by atoms with Gasteiger partial charge >= 0.3 is 0 Å². The molecule has 0 fully saturated rings. The smallest absolute Gasteiger partial charge is 0.258 e. The average molecular weight is 305 g/mol. The Balaban J connectivity index is 1.77. The molecule has 0 radical (unpaired) electrons. The number of hydrogen-bond acceptors (Lipinski definition) is 4. The zero-order chi connectivity index (χ0) is 15.9. The van der Waals surface area contributed by atoms with Crippen molar-refractivity contribution in [2.45, 2.75) is 19.4 Å². The molecule has 0 saturated carbocycles. The van der Waals surface area contributed by atoms with Gasteiger partial charge in [-0.05, 0) is 31.2 Å². The summed E-state index contributed by atoms with van der Waals surface area (Å²) in [5.74, 6) is -0.896. The van der Waals surface area contributed by atoms with Gasteiger partial charge in [0.05, 0.1) is 6.26 Å². The van der Waals surface area contributed by atoms with E-state index in [0.29, 0.717) is 0 Å². The Labute approximate surface area is 127 Å². The van der Waals surface area contributed by atoms with Crippen molar-refractivity contribution < 1.29 is 23.1 Å². The number of furan rings is 1. The minimum absolute atomic E-state index is 0.0111. The lowest BCUT2D eigenvalue weighted by Gasteiger charge is -2.13. The molecule has 1 aromatic heterocycles. The fourth-order valence-electron chi connectivity index (χ4n) is 1.89. The lowest BCUT2D eigenvalue weighted by Crippen LogP contribution is -2.37. The topological polar surface area (TPSA) is 68.5 Å². The summed E-state index contributed by atoms with van der Waals surface area (Å²) in [7, 11) is 0. The number of nitrogens with one attached hydrogen (secondary N) is 1. The van der Waals surface area contributed by atoms with Crippen LogP contribution in [0.3, 0.4) is 0 Å². The number of carbonyl (C=O) groups is 2. The molecule has 0 unspecified atom stereocenters. The zero-order valence-corrected chi connectivity index (χ0v) is 12.0. The number of ether oxygens (including phenoxy) is 1. The highest BCUT2D eigenvalue weighted by atomic mass is 19.1. The molecule has 6 heteroatoms. The van der Waals surface area contributed by atoms with Crippen LogP contribution in [-0.4, -0.2) is 24.3 Å². The highest BCUT2D eigenvalue weighted by Crippen LogP contribution is 2.15. The van der Waals surface area contributed by atoms with E-state index in [0.717, 1.165) is 0 Å². The molecule has 2 rings (SSSR count). The Morgan fingerprint density at radius 1 is 1.27 bits per heavy atom. The Kier molecular flexibility index (Phi) is 5.30. The molecule has 22 heavy (non-hydrogen) atoms. The quantitative estimate of drug-likeness (QED) is 0.798. The molecule has 0 bridgehead atoms. The summed E-state index contributed by atoms with van der Waals surface area (Å²) in [6.07, 6.45) is 1.53. The van der Waals surface area contributed by atoms with Gasteiger partial charge in [-0.3, -0.25) is 9.59 Å². The SMILES string of the molecule is C[C@H](CC(=O)c1ccco1)NC(=O)COc1ccccc1F. The maximum Gasteiger partial charge on any atom is 0.258 e. The number of ketones is 1. The van der Waals surface area contributed by atoms with E-state index >= 15 is 0 Å². The summed E-state index contributed by atoms with van der Waals surface area (Å²) in [5.41, 5.74) is 0. The van der Waals surface area contributed by atoms with Gasteiger partial charge < -0.3 is 14.5 Å². The van der Waals surface area contributed by atoms with Gasteiger partial charge in [-0.25, -0.2) is 4.39 Å². The molecule has 1 aromatic carbocycles. The molecule has 0 aliphatic heterocycles. The van der Waals surface area contributed by atoms with E-state index in [1.54, 1.807) is 25.1 Å². The number of para-hydroxylation sites is 1. The predicted molar refractivity (Wildman–Crippen MR) is 77.2 cm³/mol. The van der Waals surface area contributed by atoms with Gasteiger partial charge in [0, 0.05) is 12.5 Å². The third-order valence-electron chi connectivity index (χ3n) is 2.89. The van der Waals surface area contributed by atoms with Gasteiger partial charge in [0.15, 0.2) is 29.7 Å². The van der Waals surface area contributed by atoms with E-state index in [1.807, 2.05) is 0 Å². The molecule has 2 aromatic rings. The van der Waals surface area contributed by atoms with Crippen molar-refractivity contribution in [2.24, 2.45) is 0 Å². The molecule has 1 N–H and O–H groups in total. The lowest BCUT2D eigenvalue weighted by atomic mass is 10.1. The Morgan fingerprint density at radius 3 is 2.73 bits per heavy atom. The van der Waals surface area contributed by atoms with E-state index in [9.17, 15) is 14.0 Å². The van der Waals surface area contributed by atoms with Crippen molar-refractivity contribution in [2.75, 3.05) is 6.61 Å². The van der Waals surface area contributed by atoms with E-state index in [4.69, 9.17) is 9.15 Å². The molecule has 0 saturated heterocycles. The van der Waals surface area contributed by atoms with Crippen LogP contribution >= 0.6 is 0 Å². The van der Waals surface area contributed by atoms with Gasteiger partial charge in [-0.15, -0.1) is 0 Å². The molecular formula is C16H16FNO4. The molecule has 116 valence electrons. The largest absolute Gasteiger partial charge is 0.481 e. The van der Waals surface area contributed by atoms with E-state index in [2.05, 4.69) is 5.32 Å². The van der Waals surface area contributed by atoms with Crippen LogP contribution in [0.4, 0.5) is 4.39 Å². The van der Waals surface area contributed by atoms with Crippen molar-refractivity contribution in [1.29, 1.82) is 0 Å². The highest BCUT2D eigenvalue weighted by molar-refractivity contribution is 5.94. The zero-order valence-electron chi connectivity index (χ0n) is 12.0. The Bertz CT molecular complexity index is 639. The summed E-state index contributed by atoms with van der Waals surface area (Å²) in [6.45, 7) is 1.38. The van der Waals surface area contributed by atoms with Gasteiger partial charge in [-0.1, -0.05) is 12.1 Å². The maximum atomic E-state index is 13.3. The fourth-order valence-corrected chi connectivity index (χ4v) is 1.89. The van der Waals surface area contributed by atoms with Crippen LogP contribution in [0.1, 0.15) is 23.9 Å². The summed E-state index contributed by atoms with van der Waals surface area (Å²) >= 11 is 0. The molecule has 0 aliphatic rings. The van der Waals surface area contributed by atoms with Gasteiger partial charge in [0.2, 0.25) is 0 Å². The van der Waals surface area contributed by atoms with Gasteiger partial charge in [0.1, 0.15) is 0 Å².